The molecular formula is C19H33IN4OS. The average Bonchev–Trinajstić information content (AvgIpc) is 2.95. The van der Waals surface area contributed by atoms with Crippen LogP contribution in [0.15, 0.2) is 4.99 Å². The van der Waals surface area contributed by atoms with Crippen LogP contribution in [-0.2, 0) is 11.3 Å². The molecule has 2 N–H and O–H groups in total. The highest BCUT2D eigenvalue weighted by Crippen LogP contribution is 2.53. The standard InChI is InChI=1S/C19H32N4OS.HI/c1-5-24-17-11-16(19(17)9-7-6-8-10-19)23-18(20-4)21-12-15-13(2)22-14(3)25-15;/h16-17H,5-12H2,1-4H3,(H2,20,21,23);1H. The fourth-order valence-electron chi connectivity index (χ4n) is 4.53. The SMILES string of the molecule is CCOC1CC(NC(=NC)NCc2sc(C)nc2C)C12CCCCC2.I. The van der Waals surface area contributed by atoms with Gasteiger partial charge in [-0.05, 0) is 40.0 Å². The minimum Gasteiger partial charge on any atom is -0.378 e. The van der Waals surface area contributed by atoms with Crippen molar-refractivity contribution in [2.24, 2.45) is 10.4 Å². The van der Waals surface area contributed by atoms with Crippen LogP contribution in [-0.4, -0.2) is 36.7 Å². The van der Waals surface area contributed by atoms with E-state index in [0.29, 0.717) is 17.6 Å². The van der Waals surface area contributed by atoms with Gasteiger partial charge in [0.25, 0.3) is 0 Å². The molecule has 1 heterocycles. The third-order valence-electron chi connectivity index (χ3n) is 5.89. The zero-order chi connectivity index (χ0) is 17.9. The van der Waals surface area contributed by atoms with Crippen molar-refractivity contribution in [1.82, 2.24) is 15.6 Å². The molecule has 2 saturated carbocycles. The Labute approximate surface area is 178 Å². The number of aromatic nitrogens is 1. The first-order valence-corrected chi connectivity index (χ1v) is 10.4. The molecule has 0 bridgehead atoms. The van der Waals surface area contributed by atoms with Gasteiger partial charge >= 0.3 is 0 Å². The molecule has 1 spiro atoms. The van der Waals surface area contributed by atoms with Crippen molar-refractivity contribution in [3.05, 3.63) is 15.6 Å². The van der Waals surface area contributed by atoms with Crippen LogP contribution in [0.4, 0.5) is 0 Å². The van der Waals surface area contributed by atoms with Gasteiger partial charge in [-0.25, -0.2) is 4.98 Å². The molecule has 0 saturated heterocycles. The lowest BCUT2D eigenvalue weighted by atomic mass is 9.55. The van der Waals surface area contributed by atoms with Gasteiger partial charge in [0.1, 0.15) is 0 Å². The van der Waals surface area contributed by atoms with Gasteiger partial charge in [0.15, 0.2) is 5.96 Å². The molecule has 0 amide bonds. The van der Waals surface area contributed by atoms with E-state index in [1.54, 1.807) is 11.3 Å². The summed E-state index contributed by atoms with van der Waals surface area (Å²) in [6.07, 6.45) is 8.08. The van der Waals surface area contributed by atoms with Crippen LogP contribution >= 0.6 is 35.3 Å². The monoisotopic (exact) mass is 492 g/mol. The van der Waals surface area contributed by atoms with Gasteiger partial charge < -0.3 is 15.4 Å². The molecule has 5 nitrogen and oxygen atoms in total. The maximum Gasteiger partial charge on any atom is 0.191 e. The van der Waals surface area contributed by atoms with Crippen molar-refractivity contribution >= 4 is 41.3 Å². The molecule has 148 valence electrons. The van der Waals surface area contributed by atoms with Crippen LogP contribution in [0.1, 0.15) is 61.0 Å². The second kappa shape index (κ2) is 9.68. The second-order valence-corrected chi connectivity index (χ2v) is 8.63. The topological polar surface area (TPSA) is 58.5 Å². The van der Waals surface area contributed by atoms with E-state index in [9.17, 15) is 0 Å². The summed E-state index contributed by atoms with van der Waals surface area (Å²) in [6.45, 7) is 7.84. The number of hydrogen-bond acceptors (Lipinski definition) is 4. The van der Waals surface area contributed by atoms with E-state index in [1.807, 2.05) is 7.05 Å². The highest BCUT2D eigenvalue weighted by atomic mass is 127. The van der Waals surface area contributed by atoms with Crippen molar-refractivity contribution in [3.8, 4) is 0 Å². The van der Waals surface area contributed by atoms with E-state index >= 15 is 0 Å². The zero-order valence-corrected chi connectivity index (χ0v) is 19.6. The third-order valence-corrected chi connectivity index (χ3v) is 6.96. The summed E-state index contributed by atoms with van der Waals surface area (Å²) < 4.78 is 6.06. The number of aliphatic imine (C=N–C) groups is 1. The van der Waals surface area contributed by atoms with E-state index < -0.39 is 0 Å². The van der Waals surface area contributed by atoms with Crippen molar-refractivity contribution in [1.29, 1.82) is 0 Å². The Morgan fingerprint density at radius 1 is 1.31 bits per heavy atom. The minimum atomic E-state index is 0. The van der Waals surface area contributed by atoms with Crippen LogP contribution < -0.4 is 10.6 Å². The normalized spacial score (nSPS) is 24.7. The van der Waals surface area contributed by atoms with Gasteiger partial charge in [-0.3, -0.25) is 4.99 Å². The number of nitrogens with zero attached hydrogens (tertiary/aromatic N) is 2. The van der Waals surface area contributed by atoms with Gasteiger partial charge in [0, 0.05) is 30.0 Å². The predicted octanol–water partition coefficient (Wildman–Crippen LogP) is 4.17. The number of ether oxygens (including phenoxy) is 1. The first-order chi connectivity index (χ1) is 12.1. The molecule has 2 aliphatic carbocycles. The molecule has 2 aliphatic rings. The van der Waals surface area contributed by atoms with Crippen LogP contribution in [0.5, 0.6) is 0 Å². The van der Waals surface area contributed by atoms with Crippen molar-refractivity contribution in [2.45, 2.75) is 78.0 Å². The number of halogens is 1. The number of rotatable bonds is 5. The Bertz CT molecular complexity index is 613. The Morgan fingerprint density at radius 3 is 2.62 bits per heavy atom. The Kier molecular flexibility index (Phi) is 8.15. The molecule has 1 aromatic heterocycles. The summed E-state index contributed by atoms with van der Waals surface area (Å²) in [6, 6.07) is 0.472. The summed E-state index contributed by atoms with van der Waals surface area (Å²) in [7, 11) is 1.85. The number of guanidine groups is 1. The number of aryl methyl sites for hydroxylation is 2. The molecule has 0 radical (unpaired) electrons. The molecule has 0 aromatic carbocycles. The molecule has 3 rings (SSSR count). The van der Waals surface area contributed by atoms with Crippen molar-refractivity contribution in [2.75, 3.05) is 13.7 Å². The minimum absolute atomic E-state index is 0. The summed E-state index contributed by atoms with van der Waals surface area (Å²) >= 11 is 1.76. The lowest BCUT2D eigenvalue weighted by Crippen LogP contribution is -2.66. The van der Waals surface area contributed by atoms with Gasteiger partial charge in [0.2, 0.25) is 0 Å². The highest BCUT2D eigenvalue weighted by molar-refractivity contribution is 14.0. The molecule has 2 unspecified atom stereocenters. The lowest BCUT2D eigenvalue weighted by molar-refractivity contribution is -0.145. The summed E-state index contributed by atoms with van der Waals surface area (Å²) in [5, 5.41) is 8.29. The average molecular weight is 492 g/mol. The second-order valence-electron chi connectivity index (χ2n) is 7.34. The smallest absolute Gasteiger partial charge is 0.191 e. The Morgan fingerprint density at radius 2 is 2.04 bits per heavy atom. The van der Waals surface area contributed by atoms with E-state index in [4.69, 9.17) is 4.74 Å². The maximum atomic E-state index is 6.06. The first-order valence-electron chi connectivity index (χ1n) is 9.60. The summed E-state index contributed by atoms with van der Waals surface area (Å²) in [4.78, 5) is 10.2. The van der Waals surface area contributed by atoms with E-state index in [-0.39, 0.29) is 24.0 Å². The largest absolute Gasteiger partial charge is 0.378 e. The molecule has 2 atom stereocenters. The fourth-order valence-corrected chi connectivity index (χ4v) is 5.40. The van der Waals surface area contributed by atoms with Crippen LogP contribution in [0.2, 0.25) is 0 Å². The Hall–Kier alpha value is -0.410. The van der Waals surface area contributed by atoms with Gasteiger partial charge in [-0.1, -0.05) is 19.3 Å². The number of nitrogens with one attached hydrogen (secondary N) is 2. The van der Waals surface area contributed by atoms with Crippen molar-refractivity contribution in [3.63, 3.8) is 0 Å². The van der Waals surface area contributed by atoms with Crippen LogP contribution in [0, 0.1) is 19.3 Å². The number of hydrogen-bond donors (Lipinski definition) is 2. The summed E-state index contributed by atoms with van der Waals surface area (Å²) in [5.74, 6) is 0.898. The van der Waals surface area contributed by atoms with Crippen molar-refractivity contribution < 1.29 is 4.74 Å². The van der Waals surface area contributed by atoms with Gasteiger partial charge in [0.05, 0.1) is 23.4 Å². The van der Waals surface area contributed by atoms with Crippen LogP contribution in [0.3, 0.4) is 0 Å². The lowest BCUT2D eigenvalue weighted by Gasteiger charge is -2.57. The molecule has 26 heavy (non-hydrogen) atoms. The quantitative estimate of drug-likeness (QED) is 0.368. The van der Waals surface area contributed by atoms with E-state index in [0.717, 1.165) is 36.2 Å². The number of thiazole rings is 1. The molecule has 0 aliphatic heterocycles. The Balaban J connectivity index is 0.00000243. The molecule has 2 fully saturated rings. The zero-order valence-electron chi connectivity index (χ0n) is 16.4. The van der Waals surface area contributed by atoms with E-state index in [1.165, 1.54) is 37.0 Å². The van der Waals surface area contributed by atoms with Crippen LogP contribution in [0.25, 0.3) is 0 Å². The predicted molar refractivity (Wildman–Crippen MR) is 120 cm³/mol. The first kappa shape index (κ1) is 21.9. The maximum absolute atomic E-state index is 6.06. The molecular weight excluding hydrogens is 459 g/mol. The fraction of sp³-hybridized carbons (Fsp3) is 0.789. The molecule has 7 heteroatoms. The third kappa shape index (κ3) is 4.52. The van der Waals surface area contributed by atoms with Gasteiger partial charge in [-0.2, -0.15) is 0 Å². The summed E-state index contributed by atoms with van der Waals surface area (Å²) in [5.41, 5.74) is 1.43. The molecule has 1 aromatic rings. The van der Waals surface area contributed by atoms with E-state index in [2.05, 4.69) is 41.4 Å². The van der Waals surface area contributed by atoms with Gasteiger partial charge in [-0.15, -0.1) is 35.3 Å². The highest BCUT2D eigenvalue weighted by Gasteiger charge is 2.55.